The molecule has 0 fully saturated rings. The number of aromatic nitrogens is 1. The molecule has 6 heteroatoms. The first-order valence-electron chi connectivity index (χ1n) is 9.54. The van der Waals surface area contributed by atoms with Crippen molar-refractivity contribution in [2.24, 2.45) is 0 Å². The quantitative estimate of drug-likeness (QED) is 0.491. The van der Waals surface area contributed by atoms with Crippen molar-refractivity contribution in [2.75, 3.05) is 19.5 Å². The maximum atomic E-state index is 12.6. The number of hydrogen-bond donors (Lipinski definition) is 1. The van der Waals surface area contributed by atoms with Gasteiger partial charge in [0.15, 0.2) is 5.76 Å². The third-order valence-corrected chi connectivity index (χ3v) is 4.82. The third-order valence-electron chi connectivity index (χ3n) is 4.82. The minimum Gasteiger partial charge on any atom is -0.497 e. The van der Waals surface area contributed by atoms with Crippen molar-refractivity contribution in [3.63, 3.8) is 0 Å². The number of nitrogens with zero attached hydrogens (tertiary/aromatic N) is 1. The van der Waals surface area contributed by atoms with Crippen LogP contribution in [-0.2, 0) is 6.42 Å². The van der Waals surface area contributed by atoms with Crippen LogP contribution in [0.15, 0.2) is 65.1 Å². The van der Waals surface area contributed by atoms with Crippen LogP contribution in [0.25, 0.3) is 10.9 Å². The van der Waals surface area contributed by atoms with Crippen LogP contribution >= 0.6 is 0 Å². The highest BCUT2D eigenvalue weighted by atomic mass is 16.5. The zero-order chi connectivity index (χ0) is 21.1. The highest BCUT2D eigenvalue weighted by Gasteiger charge is 2.14. The molecule has 1 N–H and O–H groups in total. The number of pyridine rings is 1. The van der Waals surface area contributed by atoms with Crippen LogP contribution < -0.4 is 14.8 Å². The number of ether oxygens (including phenoxy) is 2. The fourth-order valence-corrected chi connectivity index (χ4v) is 3.30. The molecular weight excluding hydrogens is 380 g/mol. The Kier molecular flexibility index (Phi) is 5.39. The van der Waals surface area contributed by atoms with Crippen LogP contribution in [0.3, 0.4) is 0 Å². The number of furan rings is 1. The van der Waals surface area contributed by atoms with E-state index in [1.54, 1.807) is 26.4 Å². The molecule has 2 aromatic carbocycles. The van der Waals surface area contributed by atoms with Crippen molar-refractivity contribution in [1.82, 2.24) is 4.98 Å². The van der Waals surface area contributed by atoms with E-state index in [0.717, 1.165) is 33.7 Å². The average molecular weight is 402 g/mol. The van der Waals surface area contributed by atoms with E-state index in [-0.39, 0.29) is 11.7 Å². The molecule has 0 aliphatic heterocycles. The summed E-state index contributed by atoms with van der Waals surface area (Å²) in [5.41, 5.74) is 3.44. The summed E-state index contributed by atoms with van der Waals surface area (Å²) in [5, 5.41) is 3.84. The third kappa shape index (κ3) is 4.12. The Labute approximate surface area is 174 Å². The molecule has 0 atom stereocenters. The van der Waals surface area contributed by atoms with E-state index in [1.807, 2.05) is 55.5 Å². The minimum atomic E-state index is -0.307. The van der Waals surface area contributed by atoms with Gasteiger partial charge in [0.05, 0.1) is 19.7 Å². The summed E-state index contributed by atoms with van der Waals surface area (Å²) in [6.07, 6.45) is 0.481. The molecule has 1 amide bonds. The van der Waals surface area contributed by atoms with Crippen molar-refractivity contribution >= 4 is 22.5 Å². The Morgan fingerprint density at radius 2 is 1.87 bits per heavy atom. The molecule has 0 radical (unpaired) electrons. The van der Waals surface area contributed by atoms with Crippen molar-refractivity contribution < 1.29 is 18.7 Å². The average Bonchev–Trinajstić information content (AvgIpc) is 3.22. The Morgan fingerprint density at radius 3 is 2.67 bits per heavy atom. The van der Waals surface area contributed by atoms with Gasteiger partial charge < -0.3 is 19.2 Å². The molecule has 2 heterocycles. The summed E-state index contributed by atoms with van der Waals surface area (Å²) in [6, 6.07) is 18.6. The molecule has 152 valence electrons. The zero-order valence-electron chi connectivity index (χ0n) is 17.1. The first-order valence-corrected chi connectivity index (χ1v) is 9.54. The molecule has 0 aliphatic carbocycles. The van der Waals surface area contributed by atoms with Gasteiger partial charge in [-0.25, -0.2) is 0 Å². The first kappa shape index (κ1) is 19.5. The minimum absolute atomic E-state index is 0.244. The number of benzene rings is 2. The molecule has 4 rings (SSSR count). The predicted octanol–water partition coefficient (Wildman–Crippen LogP) is 5.00. The van der Waals surface area contributed by atoms with Crippen LogP contribution in [0.5, 0.6) is 11.5 Å². The Hall–Kier alpha value is -3.80. The second kappa shape index (κ2) is 8.29. The number of hydrogen-bond acceptors (Lipinski definition) is 5. The number of methoxy groups -OCH3 is 2. The van der Waals surface area contributed by atoms with Crippen molar-refractivity contribution in [2.45, 2.75) is 13.3 Å². The SMILES string of the molecule is COc1ccc(OC)c(Cc2ccc(C(=O)Nc3ccc4nc(C)ccc4c3)o2)c1. The molecule has 2 aromatic heterocycles. The van der Waals surface area contributed by atoms with E-state index in [1.165, 1.54) is 0 Å². The summed E-state index contributed by atoms with van der Waals surface area (Å²) in [7, 11) is 3.23. The van der Waals surface area contributed by atoms with Gasteiger partial charge in [-0.05, 0) is 61.5 Å². The summed E-state index contributed by atoms with van der Waals surface area (Å²) in [5.74, 6) is 2.06. The number of carbonyl (C=O) groups excluding carboxylic acids is 1. The van der Waals surface area contributed by atoms with Crippen LogP contribution in [0.1, 0.15) is 27.6 Å². The highest BCUT2D eigenvalue weighted by molar-refractivity contribution is 6.03. The van der Waals surface area contributed by atoms with Gasteiger partial charge in [-0.3, -0.25) is 9.78 Å². The topological polar surface area (TPSA) is 73.6 Å². The highest BCUT2D eigenvalue weighted by Crippen LogP contribution is 2.27. The maximum Gasteiger partial charge on any atom is 0.291 e. The monoisotopic (exact) mass is 402 g/mol. The summed E-state index contributed by atoms with van der Waals surface area (Å²) < 4.78 is 16.5. The molecule has 0 aliphatic rings. The molecule has 0 spiro atoms. The van der Waals surface area contributed by atoms with E-state index in [9.17, 15) is 4.79 Å². The van der Waals surface area contributed by atoms with Crippen molar-refractivity contribution in [1.29, 1.82) is 0 Å². The Balaban J connectivity index is 1.50. The lowest BCUT2D eigenvalue weighted by Gasteiger charge is -2.09. The number of nitrogens with one attached hydrogen (secondary N) is 1. The molecular formula is C24H22N2O4. The lowest BCUT2D eigenvalue weighted by atomic mass is 10.1. The number of fused-ring (bicyclic) bond motifs is 1. The lowest BCUT2D eigenvalue weighted by Crippen LogP contribution is -2.10. The fraction of sp³-hybridized carbons (Fsp3) is 0.167. The first-order chi connectivity index (χ1) is 14.6. The number of aryl methyl sites for hydroxylation is 1. The molecule has 0 bridgehead atoms. The predicted molar refractivity (Wildman–Crippen MR) is 115 cm³/mol. The van der Waals surface area contributed by atoms with Gasteiger partial charge in [0.2, 0.25) is 0 Å². The van der Waals surface area contributed by atoms with E-state index in [4.69, 9.17) is 13.9 Å². The van der Waals surface area contributed by atoms with E-state index < -0.39 is 0 Å². The molecule has 6 nitrogen and oxygen atoms in total. The summed E-state index contributed by atoms with van der Waals surface area (Å²) >= 11 is 0. The van der Waals surface area contributed by atoms with Crippen molar-refractivity contribution in [3.05, 3.63) is 83.4 Å². The number of amides is 1. The normalized spacial score (nSPS) is 10.8. The van der Waals surface area contributed by atoms with Gasteiger partial charge in [0, 0.05) is 28.8 Å². The molecule has 0 saturated heterocycles. The van der Waals surface area contributed by atoms with Gasteiger partial charge in [-0.1, -0.05) is 6.07 Å². The van der Waals surface area contributed by atoms with E-state index >= 15 is 0 Å². The number of rotatable bonds is 6. The maximum absolute atomic E-state index is 12.6. The standard InChI is InChI=1S/C24H22N2O4/c1-15-4-5-16-12-18(6-9-21(16)25-15)26-24(27)23-11-8-20(30-23)14-17-13-19(28-2)7-10-22(17)29-3/h4-13H,14H2,1-3H3,(H,26,27). The zero-order valence-corrected chi connectivity index (χ0v) is 17.1. The molecule has 0 saturated carbocycles. The molecule has 30 heavy (non-hydrogen) atoms. The van der Waals surface area contributed by atoms with Crippen LogP contribution in [0.2, 0.25) is 0 Å². The van der Waals surface area contributed by atoms with Crippen LogP contribution in [0, 0.1) is 6.92 Å². The van der Waals surface area contributed by atoms with Gasteiger partial charge in [-0.2, -0.15) is 0 Å². The fourth-order valence-electron chi connectivity index (χ4n) is 3.30. The van der Waals surface area contributed by atoms with Crippen molar-refractivity contribution in [3.8, 4) is 11.5 Å². The molecule has 4 aromatic rings. The Bertz CT molecular complexity index is 1210. The lowest BCUT2D eigenvalue weighted by molar-refractivity contribution is 0.0995. The second-order valence-corrected chi connectivity index (χ2v) is 6.93. The van der Waals surface area contributed by atoms with Gasteiger partial charge in [0.25, 0.3) is 5.91 Å². The molecule has 0 unspecified atom stereocenters. The van der Waals surface area contributed by atoms with Gasteiger partial charge >= 0.3 is 0 Å². The van der Waals surface area contributed by atoms with Crippen LogP contribution in [0.4, 0.5) is 5.69 Å². The van der Waals surface area contributed by atoms with E-state index in [0.29, 0.717) is 17.9 Å². The summed E-state index contributed by atoms with van der Waals surface area (Å²) in [6.45, 7) is 1.95. The van der Waals surface area contributed by atoms with Gasteiger partial charge in [0.1, 0.15) is 17.3 Å². The van der Waals surface area contributed by atoms with Crippen LogP contribution in [-0.4, -0.2) is 25.1 Å². The second-order valence-electron chi connectivity index (χ2n) is 6.93. The largest absolute Gasteiger partial charge is 0.497 e. The number of carbonyl (C=O) groups is 1. The number of anilines is 1. The Morgan fingerprint density at radius 1 is 1.00 bits per heavy atom. The smallest absolute Gasteiger partial charge is 0.291 e. The summed E-state index contributed by atoms with van der Waals surface area (Å²) in [4.78, 5) is 17.1. The van der Waals surface area contributed by atoms with Gasteiger partial charge in [-0.15, -0.1) is 0 Å². The van der Waals surface area contributed by atoms with E-state index in [2.05, 4.69) is 10.3 Å².